The summed E-state index contributed by atoms with van der Waals surface area (Å²) < 4.78 is 39.0. The van der Waals surface area contributed by atoms with E-state index in [1.54, 1.807) is 10.8 Å². The van der Waals surface area contributed by atoms with Crippen LogP contribution in [0.25, 0.3) is 0 Å². The second-order valence-corrected chi connectivity index (χ2v) is 4.12. The number of nitrogens with zero attached hydrogens (tertiary/aromatic N) is 1. The molecule has 1 nitrogen and oxygen atoms in total. The van der Waals surface area contributed by atoms with Crippen LogP contribution in [-0.2, 0) is 10.8 Å². The van der Waals surface area contributed by atoms with Crippen LogP contribution in [0, 0.1) is 0 Å². The van der Waals surface area contributed by atoms with Crippen LogP contribution in [0.2, 0.25) is 0 Å². The average molecular weight is 239 g/mol. The molecule has 0 atom stereocenters. The zero-order valence-electron chi connectivity index (χ0n) is 6.01. The number of isothiocyanates is 1. The number of halogens is 4. The van der Waals surface area contributed by atoms with Crippen LogP contribution in [0.5, 0.6) is 0 Å². The fourth-order valence-corrected chi connectivity index (χ4v) is 1.02. The summed E-state index contributed by atoms with van der Waals surface area (Å²) in [5, 5.41) is 2.29. The van der Waals surface area contributed by atoms with Crippen molar-refractivity contribution in [1.82, 2.24) is 0 Å². The van der Waals surface area contributed by atoms with E-state index in [4.69, 9.17) is 0 Å². The lowest BCUT2D eigenvalue weighted by Crippen LogP contribution is -2.02. The number of thiocarbonyl (C=S) groups is 1. The maximum Gasteiger partial charge on any atom is 0.673 e. The molecular weight excluding hydrogens is 233 g/mol. The topological polar surface area (TPSA) is 12.4 Å². The normalized spacial score (nSPS) is 9.42. The van der Waals surface area contributed by atoms with Gasteiger partial charge in [-0.1, -0.05) is 0 Å². The Hall–Kier alpha value is 0.285. The van der Waals surface area contributed by atoms with Crippen molar-refractivity contribution in [1.29, 1.82) is 0 Å². The smallest absolute Gasteiger partial charge is 0.418 e. The fraction of sp³-hybridized carbons (Fsp3) is 0.667. The third-order valence-electron chi connectivity index (χ3n) is 0.316. The molecule has 0 fully saturated rings. The van der Waals surface area contributed by atoms with Crippen LogP contribution in [-0.4, -0.2) is 24.5 Å². The van der Waals surface area contributed by atoms with Gasteiger partial charge >= 0.3 is 7.25 Å². The first-order valence-corrected chi connectivity index (χ1v) is 5.88. The molecule has 9 heteroatoms. The second kappa shape index (κ2) is 9.37. The first-order chi connectivity index (χ1) is 5.41. The molecule has 0 aliphatic rings. The summed E-state index contributed by atoms with van der Waals surface area (Å²) in [6.45, 7) is 0. The van der Waals surface area contributed by atoms with Crippen molar-refractivity contribution in [2.75, 3.05) is 12.1 Å². The van der Waals surface area contributed by atoms with Gasteiger partial charge in [0.05, 0.1) is 5.16 Å². The van der Waals surface area contributed by atoms with Gasteiger partial charge in [-0.25, -0.2) is 4.99 Å². The maximum atomic E-state index is 9.75. The Balaban J connectivity index is 0. The van der Waals surface area contributed by atoms with Gasteiger partial charge in [-0.05, 0) is 12.2 Å². The van der Waals surface area contributed by atoms with Gasteiger partial charge in [-0.3, -0.25) is 0 Å². The Bertz CT molecular complexity index is 139. The van der Waals surface area contributed by atoms with Crippen molar-refractivity contribution < 1.29 is 17.3 Å². The van der Waals surface area contributed by atoms with Gasteiger partial charge in [0, 0.05) is 10.8 Å². The van der Waals surface area contributed by atoms with Crippen molar-refractivity contribution in [3.05, 3.63) is 0 Å². The van der Waals surface area contributed by atoms with E-state index in [-0.39, 0.29) is 0 Å². The highest BCUT2D eigenvalue weighted by molar-refractivity contribution is 8.66. The quantitative estimate of drug-likeness (QED) is 0.110. The van der Waals surface area contributed by atoms with Gasteiger partial charge in [-0.2, -0.15) is 0 Å². The first kappa shape index (κ1) is 14.8. The Morgan fingerprint density at radius 2 is 1.92 bits per heavy atom. The molecule has 72 valence electrons. The number of thiol groups is 1. The molecule has 0 aromatic heterocycles. The fourth-order valence-electron chi connectivity index (χ4n) is 0.113. The van der Waals surface area contributed by atoms with Crippen LogP contribution >= 0.6 is 23.0 Å². The summed E-state index contributed by atoms with van der Waals surface area (Å²) in [6.07, 6.45) is 2.06. The minimum absolute atomic E-state index is 0.752. The summed E-state index contributed by atoms with van der Waals surface area (Å²) in [5.74, 6) is 0.752. The van der Waals surface area contributed by atoms with Crippen molar-refractivity contribution in [2.45, 2.75) is 0 Å². The standard InChI is InChI=1S/C3H5NS3.BF4/c1-6-7-3-4-2-5;2-1(3,4)5/h3H2,1H3;/q;-1/p+1. The molecule has 0 heterocycles. The lowest BCUT2D eigenvalue weighted by atomic mass is 10.3. The molecule has 0 radical (unpaired) electrons. The third kappa shape index (κ3) is 48.3. The van der Waals surface area contributed by atoms with Gasteiger partial charge in [0.25, 0.3) is 0 Å². The van der Waals surface area contributed by atoms with E-state index in [1.165, 1.54) is 10.8 Å². The summed E-state index contributed by atoms with van der Waals surface area (Å²) in [5.41, 5.74) is 0. The molecule has 0 aromatic carbocycles. The van der Waals surface area contributed by atoms with Crippen LogP contribution in [0.4, 0.5) is 17.3 Å². The van der Waals surface area contributed by atoms with E-state index < -0.39 is 7.25 Å². The molecular formula is C3H6BF4NS3. The largest absolute Gasteiger partial charge is 0.673 e. The molecule has 0 aliphatic heterocycles. The van der Waals surface area contributed by atoms with E-state index in [9.17, 15) is 17.3 Å². The number of aliphatic imine (C=N–C) groups is 1. The summed E-state index contributed by atoms with van der Waals surface area (Å²) in [4.78, 5) is 3.68. The van der Waals surface area contributed by atoms with Gasteiger partial charge in [0.15, 0.2) is 0 Å². The average Bonchev–Trinajstić information content (AvgIpc) is 1.85. The molecule has 12 heavy (non-hydrogen) atoms. The predicted molar refractivity (Wildman–Crippen MR) is 52.4 cm³/mol. The Morgan fingerprint density at radius 3 is 2.17 bits per heavy atom. The second-order valence-electron chi connectivity index (χ2n) is 1.19. The van der Waals surface area contributed by atoms with Crippen LogP contribution in [0.1, 0.15) is 0 Å². The Kier molecular flexibility index (Phi) is 11.6. The van der Waals surface area contributed by atoms with E-state index in [2.05, 4.69) is 28.6 Å². The summed E-state index contributed by atoms with van der Waals surface area (Å²) >= 11 is 4.33. The van der Waals surface area contributed by atoms with Crippen molar-refractivity contribution in [3.63, 3.8) is 0 Å². The lowest BCUT2D eigenvalue weighted by molar-refractivity contribution is 0.368. The minimum atomic E-state index is -6.00. The lowest BCUT2D eigenvalue weighted by Gasteiger charge is -1.94. The van der Waals surface area contributed by atoms with E-state index >= 15 is 0 Å². The molecule has 0 N–H and O–H groups in total. The Labute approximate surface area is 80.9 Å². The summed E-state index contributed by atoms with van der Waals surface area (Å²) in [7, 11) is -3.00. The van der Waals surface area contributed by atoms with Gasteiger partial charge in [0.1, 0.15) is 22.9 Å². The molecule has 0 bridgehead atoms. The first-order valence-electron chi connectivity index (χ1n) is 2.54. The molecule has 0 saturated carbocycles. The SMILES string of the molecule is C[SH+]SCN=C=S.F[B-](F)(F)F. The number of hydrogen-bond donors (Lipinski definition) is 0. The molecule has 0 aliphatic carbocycles. The molecule has 0 saturated heterocycles. The molecule has 0 unspecified atom stereocenters. The van der Waals surface area contributed by atoms with Crippen molar-refractivity contribution in [2.24, 2.45) is 4.99 Å². The maximum absolute atomic E-state index is 9.75. The van der Waals surface area contributed by atoms with Crippen LogP contribution < -0.4 is 0 Å². The van der Waals surface area contributed by atoms with Crippen LogP contribution in [0.3, 0.4) is 0 Å². The van der Waals surface area contributed by atoms with Gasteiger partial charge in [-0.15, -0.1) is 0 Å². The van der Waals surface area contributed by atoms with E-state index in [0.717, 1.165) is 5.88 Å². The predicted octanol–water partition coefficient (Wildman–Crippen LogP) is 2.44. The van der Waals surface area contributed by atoms with E-state index in [1.807, 2.05) is 0 Å². The molecule has 0 aromatic rings. The molecule has 0 rings (SSSR count). The Morgan fingerprint density at radius 1 is 1.50 bits per heavy atom. The van der Waals surface area contributed by atoms with Crippen molar-refractivity contribution in [3.8, 4) is 0 Å². The molecule has 0 amide bonds. The van der Waals surface area contributed by atoms with E-state index in [0.29, 0.717) is 0 Å². The van der Waals surface area contributed by atoms with Crippen LogP contribution in [0.15, 0.2) is 4.99 Å². The highest BCUT2D eigenvalue weighted by Gasteiger charge is 2.20. The highest BCUT2D eigenvalue weighted by Crippen LogP contribution is 2.06. The minimum Gasteiger partial charge on any atom is -0.418 e. The zero-order valence-corrected chi connectivity index (χ0v) is 8.53. The highest BCUT2D eigenvalue weighted by atomic mass is 33.1. The van der Waals surface area contributed by atoms with Gasteiger partial charge in [0.2, 0.25) is 0 Å². The van der Waals surface area contributed by atoms with Crippen molar-refractivity contribution >= 4 is 46.2 Å². The summed E-state index contributed by atoms with van der Waals surface area (Å²) in [6, 6.07) is 0. The monoisotopic (exact) mass is 239 g/mol. The third-order valence-corrected chi connectivity index (χ3v) is 2.07. The number of hydrogen-bond acceptors (Lipinski definition) is 3. The zero-order chi connectivity index (χ0) is 10.0. The molecule has 0 spiro atoms. The number of rotatable bonds is 3. The van der Waals surface area contributed by atoms with Gasteiger partial charge < -0.3 is 17.3 Å².